The van der Waals surface area contributed by atoms with E-state index in [4.69, 9.17) is 19.2 Å². The van der Waals surface area contributed by atoms with E-state index in [1.165, 1.54) is 0 Å². The second-order valence-electron chi connectivity index (χ2n) is 0.447. The average Bonchev–Trinajstić information content (AvgIpc) is 0.722. The zero-order valence-electron chi connectivity index (χ0n) is 3.54. The number of phosphoric acid groups is 1. The van der Waals surface area contributed by atoms with Crippen molar-refractivity contribution in [3.8, 4) is 0 Å². The molecule has 0 bridgehead atoms. The van der Waals surface area contributed by atoms with E-state index in [9.17, 15) is 0 Å². The number of halogens is 1. The van der Waals surface area contributed by atoms with Gasteiger partial charge in [-0.15, -0.1) is 0 Å². The normalized spacial score (nSPS) is 7.38. The van der Waals surface area contributed by atoms with Crippen molar-refractivity contribution in [2.75, 3.05) is 0 Å². The monoisotopic (exact) mass is 343 g/mol. The molecular weight excluding hydrogens is 344 g/mol. The Hall–Kier alpha value is 2.12. The van der Waals surface area contributed by atoms with Gasteiger partial charge in [0.1, 0.15) is 0 Å². The molecule has 0 unspecified atom stereocenters. The van der Waals surface area contributed by atoms with Crippen LogP contribution in [0.25, 0.3) is 0 Å². The van der Waals surface area contributed by atoms with Gasteiger partial charge < -0.3 is 23.9 Å². The Balaban J connectivity index is -0.0000000267. The summed E-state index contributed by atoms with van der Waals surface area (Å²) >= 11 is 0. The molecule has 8 heteroatoms. The summed E-state index contributed by atoms with van der Waals surface area (Å²) in [5.41, 5.74) is 0. The van der Waals surface area contributed by atoms with Gasteiger partial charge in [-0.1, -0.05) is 0 Å². The Morgan fingerprint density at radius 1 is 1.12 bits per heavy atom. The van der Waals surface area contributed by atoms with Gasteiger partial charge >= 0.3 is 61.8 Å². The van der Waals surface area contributed by atoms with Crippen LogP contribution in [0.2, 0.25) is 0 Å². The smallest absolute Gasteiger partial charge is 1.00 e. The van der Waals surface area contributed by atoms with Crippen LogP contribution in [0.3, 0.4) is 0 Å². The van der Waals surface area contributed by atoms with E-state index in [-0.39, 0.29) is 66.5 Å². The molecule has 0 rings (SSSR count). The molecule has 0 N–H and O–H groups in total. The van der Waals surface area contributed by atoms with Crippen LogP contribution < -0.4 is 19.4 Å². The van der Waals surface area contributed by atoms with Crippen LogP contribution >= 0.6 is 7.82 Å². The summed E-state index contributed by atoms with van der Waals surface area (Å²) < 4.78 is 8.55. The van der Waals surface area contributed by atoms with Crippen LogP contribution in [0.4, 0.5) is 0 Å². The maximum Gasteiger partial charge on any atom is 4.00 e. The average molecular weight is 344 g/mol. The molecule has 0 saturated heterocycles. The van der Waals surface area contributed by atoms with E-state index in [0.717, 1.165) is 0 Å². The molecule has 4 nitrogen and oxygen atoms in total. The zero-order chi connectivity index (χ0) is 4.50. The third-order valence-corrected chi connectivity index (χ3v) is 0. The Morgan fingerprint density at radius 2 is 1.12 bits per heavy atom. The van der Waals surface area contributed by atoms with Crippen LogP contribution in [-0.4, -0.2) is 0 Å². The Labute approximate surface area is 92.4 Å². The molecule has 0 aliphatic rings. The summed E-state index contributed by atoms with van der Waals surface area (Å²) in [7, 11) is -5.39. The molecule has 0 atom stereocenters. The summed E-state index contributed by atoms with van der Waals surface area (Å²) in [5, 5.41) is 0. The zero-order valence-corrected chi connectivity index (χ0v) is 10.5. The predicted molar refractivity (Wildman–Crippen MR) is 7.61 cm³/mol. The predicted octanol–water partition coefficient (Wildman–Crippen LogP) is -5.82. The minimum Gasteiger partial charge on any atom is -1.00 e. The second kappa shape index (κ2) is 9.12. The largest absolute Gasteiger partial charge is 4.00 e. The quantitative estimate of drug-likeness (QED) is 0.410. The van der Waals surface area contributed by atoms with Crippen LogP contribution in [0.5, 0.6) is 0 Å². The van der Waals surface area contributed by atoms with Gasteiger partial charge in [0.25, 0.3) is 0 Å². The van der Waals surface area contributed by atoms with Crippen LogP contribution in [0, 0.1) is 35.6 Å². The molecule has 40 valence electrons. The SMILES string of the molecule is O=P([O-])([O-])[O-].[F-].[La+3].[Zr+4]. The van der Waals surface area contributed by atoms with Gasteiger partial charge in [0.15, 0.2) is 0 Å². The van der Waals surface area contributed by atoms with Crippen molar-refractivity contribution < 1.29 is 85.8 Å². The molecular formula is FLaO4PZr+3. The second-order valence-corrected chi connectivity index (χ2v) is 1.34. The first-order chi connectivity index (χ1) is 2.00. The molecule has 0 radical (unpaired) electrons. The van der Waals surface area contributed by atoms with E-state index in [1.54, 1.807) is 0 Å². The van der Waals surface area contributed by atoms with Crippen molar-refractivity contribution in [1.82, 2.24) is 0 Å². The van der Waals surface area contributed by atoms with E-state index < -0.39 is 7.82 Å². The molecule has 0 aromatic rings. The molecule has 0 aromatic heterocycles. The molecule has 0 aliphatic carbocycles. The first kappa shape index (κ1) is 22.5. The van der Waals surface area contributed by atoms with Crippen molar-refractivity contribution in [2.24, 2.45) is 0 Å². The van der Waals surface area contributed by atoms with Gasteiger partial charge in [-0.2, -0.15) is 7.82 Å². The summed E-state index contributed by atoms with van der Waals surface area (Å²) in [4.78, 5) is 25.6. The fraction of sp³-hybridized carbons (Fsp3) is 0. The number of rotatable bonds is 0. The first-order valence-corrected chi connectivity index (χ1v) is 2.19. The minimum atomic E-state index is -5.39. The van der Waals surface area contributed by atoms with E-state index in [0.29, 0.717) is 0 Å². The van der Waals surface area contributed by atoms with Crippen molar-refractivity contribution in [3.63, 3.8) is 0 Å². The summed E-state index contributed by atoms with van der Waals surface area (Å²) in [6.07, 6.45) is 0. The van der Waals surface area contributed by atoms with Crippen molar-refractivity contribution in [3.05, 3.63) is 0 Å². The maximum absolute atomic E-state index is 8.55. The Kier molecular flexibility index (Phi) is 25.6. The molecule has 0 heterocycles. The van der Waals surface area contributed by atoms with E-state index >= 15 is 0 Å². The van der Waals surface area contributed by atoms with Crippen LogP contribution in [0.1, 0.15) is 0 Å². The summed E-state index contributed by atoms with van der Waals surface area (Å²) in [6, 6.07) is 0. The van der Waals surface area contributed by atoms with E-state index in [2.05, 4.69) is 0 Å². The Bertz CT molecular complexity index is 62.2. The molecule has 8 heavy (non-hydrogen) atoms. The molecule has 0 spiro atoms. The van der Waals surface area contributed by atoms with Crippen molar-refractivity contribution >= 4 is 7.82 Å². The molecule has 0 fully saturated rings. The van der Waals surface area contributed by atoms with Gasteiger partial charge in [-0.25, -0.2) is 0 Å². The topological polar surface area (TPSA) is 86.2 Å². The molecule has 0 amide bonds. The van der Waals surface area contributed by atoms with Gasteiger partial charge in [-0.05, 0) is 0 Å². The summed E-state index contributed by atoms with van der Waals surface area (Å²) in [6.45, 7) is 0. The first-order valence-electron chi connectivity index (χ1n) is 0.730. The molecule has 0 saturated carbocycles. The van der Waals surface area contributed by atoms with Crippen molar-refractivity contribution in [1.29, 1.82) is 0 Å². The fourth-order valence-corrected chi connectivity index (χ4v) is 0. The Morgan fingerprint density at radius 3 is 1.12 bits per heavy atom. The fourth-order valence-electron chi connectivity index (χ4n) is 0. The summed E-state index contributed by atoms with van der Waals surface area (Å²) in [5.74, 6) is 0. The maximum atomic E-state index is 8.55. The third kappa shape index (κ3) is 91.7. The number of hydrogen-bond acceptors (Lipinski definition) is 4. The van der Waals surface area contributed by atoms with Gasteiger partial charge in [0.05, 0.1) is 0 Å². The van der Waals surface area contributed by atoms with Crippen LogP contribution in [-0.2, 0) is 30.8 Å². The molecule has 0 aromatic carbocycles. The molecule has 0 aliphatic heterocycles. The third-order valence-electron chi connectivity index (χ3n) is 0. The van der Waals surface area contributed by atoms with Crippen molar-refractivity contribution in [2.45, 2.75) is 0 Å². The van der Waals surface area contributed by atoms with Crippen LogP contribution in [0.15, 0.2) is 0 Å². The van der Waals surface area contributed by atoms with Gasteiger partial charge in [0.2, 0.25) is 0 Å². The van der Waals surface area contributed by atoms with Gasteiger partial charge in [0, 0.05) is 0 Å². The standard InChI is InChI=1S/FH.La.H3O4P.Zr/c;;1-5(2,3)4;/h1H;;(H3,1,2,3,4);/q;+3;;+4/p-4. The van der Waals surface area contributed by atoms with Gasteiger partial charge in [-0.3, -0.25) is 0 Å². The van der Waals surface area contributed by atoms with E-state index in [1.807, 2.05) is 0 Å². The minimum absolute atomic E-state index is 0. The number of hydrogen-bond donors (Lipinski definition) is 0.